The maximum absolute atomic E-state index is 10.5. The van der Waals surface area contributed by atoms with Crippen LogP contribution in [0.1, 0.15) is 5.56 Å². The van der Waals surface area contributed by atoms with Gasteiger partial charge in [0, 0.05) is 0 Å². The van der Waals surface area contributed by atoms with Crippen LogP contribution < -0.4 is 0 Å². The van der Waals surface area contributed by atoms with E-state index in [2.05, 4.69) is 193 Å². The Morgan fingerprint density at radius 2 is 0.588 bits per heavy atom. The summed E-state index contributed by atoms with van der Waals surface area (Å²) in [5.74, 6) is 0. The van der Waals surface area contributed by atoms with E-state index in [1.807, 2.05) is 0 Å². The number of nitriles is 1. The summed E-state index contributed by atoms with van der Waals surface area (Å²) in [4.78, 5) is 4.05. The summed E-state index contributed by atoms with van der Waals surface area (Å²) in [5.41, 5.74) is 6.05. The van der Waals surface area contributed by atoms with Crippen LogP contribution in [0.2, 0.25) is 0 Å². The maximum atomic E-state index is 10.5. The molecule has 0 bridgehead atoms. The molecule has 0 spiro atoms. The molecule has 2 nitrogen and oxygen atoms in total. The lowest BCUT2D eigenvalue weighted by atomic mass is 9.87. The smallest absolute Gasteiger partial charge is 0.188 e. The van der Waals surface area contributed by atoms with Crippen molar-refractivity contribution in [1.29, 1.82) is 5.26 Å². The first-order chi connectivity index (χ1) is 33.7. The van der Waals surface area contributed by atoms with Crippen LogP contribution in [0, 0.1) is 17.9 Å². The fraction of sp³-hybridized carbons (Fsp3) is 0. The van der Waals surface area contributed by atoms with E-state index in [4.69, 9.17) is 6.57 Å². The van der Waals surface area contributed by atoms with Crippen LogP contribution in [0.15, 0.2) is 182 Å². The van der Waals surface area contributed by atoms with Gasteiger partial charge in [-0.1, -0.05) is 158 Å². The van der Waals surface area contributed by atoms with E-state index in [0.717, 1.165) is 32.7 Å². The minimum absolute atomic E-state index is 0.664. The van der Waals surface area contributed by atoms with Gasteiger partial charge in [0.25, 0.3) is 0 Å². The van der Waals surface area contributed by atoms with E-state index in [-0.39, 0.29) is 0 Å². The number of hydrogen-bond acceptors (Lipinski definition) is 1. The SMILES string of the molecule is [C-]#[N+]c1cc2c(-c3ccccc3)c3c4ccc5c6ccc7c8c(ccc(c9ccc(c4c59)c3c3c4ccccc4c(c1)c23)c68)c1c(-c2ccccc2)c2cc(C#N)cc3c4ccccc4c(c23)c71. The van der Waals surface area contributed by atoms with Crippen molar-refractivity contribution >= 4 is 157 Å². The van der Waals surface area contributed by atoms with Gasteiger partial charge in [-0.3, -0.25) is 0 Å². The van der Waals surface area contributed by atoms with Crippen LogP contribution in [0.4, 0.5) is 5.69 Å². The van der Waals surface area contributed by atoms with Crippen LogP contribution in [0.5, 0.6) is 0 Å². The van der Waals surface area contributed by atoms with Crippen molar-refractivity contribution in [3.05, 3.63) is 199 Å². The Morgan fingerprint density at radius 1 is 0.279 bits per heavy atom. The van der Waals surface area contributed by atoms with Gasteiger partial charge in [-0.15, -0.1) is 0 Å². The largest absolute Gasteiger partial charge is 0.238 e. The predicted octanol–water partition coefficient (Wildman–Crippen LogP) is 18.8. The molecule has 0 fully saturated rings. The van der Waals surface area contributed by atoms with Crippen LogP contribution >= 0.6 is 0 Å². The zero-order valence-electron chi connectivity index (χ0n) is 36.2. The normalized spacial score (nSPS) is 12.7. The van der Waals surface area contributed by atoms with Gasteiger partial charge in [0.1, 0.15) is 0 Å². The molecule has 0 atom stereocenters. The fourth-order valence-electron chi connectivity index (χ4n) is 13.8. The summed E-state index contributed by atoms with van der Waals surface area (Å²) in [6, 6.07) is 69.5. The van der Waals surface area contributed by atoms with E-state index >= 15 is 0 Å². The lowest BCUT2D eigenvalue weighted by molar-refractivity contribution is 1.50. The Bertz CT molecular complexity index is 4840. The van der Waals surface area contributed by atoms with Crippen molar-refractivity contribution in [2.75, 3.05) is 0 Å². The first-order valence-electron chi connectivity index (χ1n) is 23.3. The molecule has 0 heterocycles. The van der Waals surface area contributed by atoms with E-state index in [9.17, 15) is 5.26 Å². The van der Waals surface area contributed by atoms with Gasteiger partial charge in [0.2, 0.25) is 0 Å². The first-order valence-corrected chi connectivity index (χ1v) is 23.3. The van der Waals surface area contributed by atoms with Crippen molar-refractivity contribution in [1.82, 2.24) is 0 Å². The molecule has 0 aliphatic rings. The van der Waals surface area contributed by atoms with Crippen molar-refractivity contribution in [3.8, 4) is 28.3 Å². The molecule has 17 aromatic rings. The Hall–Kier alpha value is -9.34. The monoisotopic (exact) mass is 850 g/mol. The van der Waals surface area contributed by atoms with E-state index in [1.165, 1.54) is 140 Å². The molecular weight excluding hydrogens is 821 g/mol. The summed E-state index contributed by atoms with van der Waals surface area (Å²) in [7, 11) is 0. The number of benzene rings is 13. The topological polar surface area (TPSA) is 28.1 Å². The molecule has 0 saturated carbocycles. The third kappa shape index (κ3) is 3.88. The Labute approximate surface area is 387 Å². The highest BCUT2D eigenvalue weighted by Gasteiger charge is 2.30. The van der Waals surface area contributed by atoms with Gasteiger partial charge in [0.05, 0.1) is 18.2 Å². The van der Waals surface area contributed by atoms with E-state index in [0.29, 0.717) is 11.3 Å². The lowest BCUT2D eigenvalue weighted by Gasteiger charge is -2.15. The van der Waals surface area contributed by atoms with Gasteiger partial charge in [-0.2, -0.15) is 5.26 Å². The van der Waals surface area contributed by atoms with Gasteiger partial charge in [-0.05, 0) is 197 Å². The molecule has 2 heteroatoms. The van der Waals surface area contributed by atoms with Crippen LogP contribution in [-0.4, -0.2) is 0 Å². The van der Waals surface area contributed by atoms with Crippen LogP contribution in [0.3, 0.4) is 0 Å². The highest BCUT2D eigenvalue weighted by Crippen LogP contribution is 2.58. The molecule has 68 heavy (non-hydrogen) atoms. The minimum Gasteiger partial charge on any atom is -0.238 e. The van der Waals surface area contributed by atoms with Gasteiger partial charge < -0.3 is 0 Å². The summed E-state index contributed by atoms with van der Waals surface area (Å²) in [6.45, 7) is 8.23. The molecule has 0 radical (unpaired) electrons. The average Bonchev–Trinajstić information content (AvgIpc) is 4.12. The molecule has 0 unspecified atom stereocenters. The molecular formula is C66H30N2. The highest BCUT2D eigenvalue weighted by atomic mass is 14.6. The molecule has 304 valence electrons. The Kier molecular flexibility index (Phi) is 6.13. The van der Waals surface area contributed by atoms with Crippen LogP contribution in [-0.2, 0) is 0 Å². The molecule has 0 saturated heterocycles. The molecule has 0 aliphatic heterocycles. The highest BCUT2D eigenvalue weighted by molar-refractivity contribution is 6.54. The van der Waals surface area contributed by atoms with Crippen molar-refractivity contribution < 1.29 is 0 Å². The zero-order chi connectivity index (χ0) is 44.3. The van der Waals surface area contributed by atoms with Gasteiger partial charge in [0.15, 0.2) is 5.69 Å². The number of fused-ring (bicyclic) bond motifs is 16. The third-order valence-corrected chi connectivity index (χ3v) is 16.1. The zero-order valence-corrected chi connectivity index (χ0v) is 36.2. The lowest BCUT2D eigenvalue weighted by Crippen LogP contribution is -1.87. The molecule has 17 rings (SSSR count). The van der Waals surface area contributed by atoms with Crippen molar-refractivity contribution in [2.24, 2.45) is 0 Å². The fourth-order valence-corrected chi connectivity index (χ4v) is 13.8. The number of nitrogens with zero attached hydrogens (tertiary/aromatic N) is 2. The summed E-state index contributed by atoms with van der Waals surface area (Å²) >= 11 is 0. The Balaban J connectivity index is 1.09. The van der Waals surface area contributed by atoms with Crippen LogP contribution in [0.25, 0.3) is 178 Å². The molecule has 0 N–H and O–H groups in total. The maximum Gasteiger partial charge on any atom is 0.188 e. The predicted molar refractivity (Wildman–Crippen MR) is 289 cm³/mol. The van der Waals surface area contributed by atoms with Crippen molar-refractivity contribution in [2.45, 2.75) is 0 Å². The molecule has 0 aromatic heterocycles. The second-order valence-corrected chi connectivity index (χ2v) is 19.1. The summed E-state index contributed by atoms with van der Waals surface area (Å²) in [6.07, 6.45) is 0. The standard InChI is InChI=1S/C66H30N2/c1-68-36-30-50-38-17-9-11-19-40(38)62-60(50)52(31-36)54(35-14-6-3-7-15-35)64-46-25-21-42-43-22-26-47-57-45(24-20-41(55(43)57)44-23-27-48(66(62)64)58(46)56(42)44)63-53(34-12-4-2-5-13-34)51-29-33(32-67)28-49-37-16-8-10-18-39(37)61(59(49)51)65(47)63/h2-31H. The van der Waals surface area contributed by atoms with Gasteiger partial charge in [-0.25, -0.2) is 4.85 Å². The summed E-state index contributed by atoms with van der Waals surface area (Å²) < 4.78 is 0. The number of rotatable bonds is 2. The Morgan fingerprint density at radius 3 is 1.04 bits per heavy atom. The van der Waals surface area contributed by atoms with E-state index < -0.39 is 0 Å². The summed E-state index contributed by atoms with van der Waals surface area (Å²) in [5, 5.41) is 45.4. The quantitative estimate of drug-likeness (QED) is 0.0967. The molecule has 17 aromatic carbocycles. The first kappa shape index (κ1) is 35.0. The van der Waals surface area contributed by atoms with E-state index in [1.54, 1.807) is 0 Å². The average molecular weight is 851 g/mol. The molecule has 0 amide bonds. The van der Waals surface area contributed by atoms with Gasteiger partial charge >= 0.3 is 0 Å². The second-order valence-electron chi connectivity index (χ2n) is 19.1. The molecule has 0 aliphatic carbocycles. The second kappa shape index (κ2) is 11.9. The third-order valence-electron chi connectivity index (χ3n) is 16.1. The number of hydrogen-bond donors (Lipinski definition) is 0. The minimum atomic E-state index is 0.664. The van der Waals surface area contributed by atoms with Crippen molar-refractivity contribution in [3.63, 3.8) is 0 Å².